The summed E-state index contributed by atoms with van der Waals surface area (Å²) in [6, 6.07) is 3.91. The zero-order valence-electron chi connectivity index (χ0n) is 9.14. The fourth-order valence-electron chi connectivity index (χ4n) is 2.07. The molecule has 0 unspecified atom stereocenters. The highest BCUT2D eigenvalue weighted by molar-refractivity contribution is 6.05. The van der Waals surface area contributed by atoms with Crippen LogP contribution in [-0.4, -0.2) is 33.1 Å². The Bertz CT molecular complexity index is 603. The van der Waals surface area contributed by atoms with Gasteiger partial charge >= 0.3 is 0 Å². The topological polar surface area (TPSA) is 66.1 Å². The monoisotopic (exact) mass is 229 g/mol. The van der Waals surface area contributed by atoms with Gasteiger partial charge in [0.2, 0.25) is 5.91 Å². The molecule has 0 radical (unpaired) electrons. The molecule has 3 rings (SSSR count). The average Bonchev–Trinajstić information content (AvgIpc) is 2.85. The lowest BCUT2D eigenvalue weighted by Gasteiger charge is -2.13. The molecule has 2 aromatic rings. The number of likely N-dealkylation sites (tertiary alicyclic amines) is 1. The van der Waals surface area contributed by atoms with E-state index < -0.39 is 0 Å². The standard InChI is InChI=1S/C12H11N3O2/c16-10-4-11(17)15(7-10)6-8-3-9-1-2-13-12(9)14-5-8/h1-3,5H,4,6-7H2,(H,13,14). The summed E-state index contributed by atoms with van der Waals surface area (Å²) in [5.74, 6) is -0.102. The molecule has 1 aliphatic heterocycles. The van der Waals surface area contributed by atoms with Gasteiger partial charge in [0.1, 0.15) is 5.65 Å². The van der Waals surface area contributed by atoms with Gasteiger partial charge in [-0.15, -0.1) is 0 Å². The van der Waals surface area contributed by atoms with Gasteiger partial charge in [0, 0.05) is 24.3 Å². The quantitative estimate of drug-likeness (QED) is 0.777. The Balaban J connectivity index is 1.84. The van der Waals surface area contributed by atoms with Crippen LogP contribution < -0.4 is 0 Å². The second kappa shape index (κ2) is 3.69. The van der Waals surface area contributed by atoms with Gasteiger partial charge in [-0.3, -0.25) is 9.59 Å². The molecule has 5 nitrogen and oxygen atoms in total. The number of aromatic nitrogens is 2. The molecule has 1 aliphatic rings. The van der Waals surface area contributed by atoms with Crippen LogP contribution in [0.5, 0.6) is 0 Å². The summed E-state index contributed by atoms with van der Waals surface area (Å²) >= 11 is 0. The first-order chi connectivity index (χ1) is 8.22. The van der Waals surface area contributed by atoms with Crippen molar-refractivity contribution in [1.82, 2.24) is 14.9 Å². The van der Waals surface area contributed by atoms with Crippen LogP contribution in [0.2, 0.25) is 0 Å². The van der Waals surface area contributed by atoms with Crippen LogP contribution in [0, 0.1) is 0 Å². The highest BCUT2D eigenvalue weighted by Crippen LogP contribution is 2.15. The van der Waals surface area contributed by atoms with Crippen molar-refractivity contribution >= 4 is 22.7 Å². The Morgan fingerprint density at radius 3 is 3.06 bits per heavy atom. The molecule has 1 N–H and O–H groups in total. The SMILES string of the molecule is O=C1CC(=O)N(Cc2cnc3[nH]ccc3c2)C1. The minimum absolute atomic E-state index is 0.00863. The van der Waals surface area contributed by atoms with Crippen LogP contribution in [0.25, 0.3) is 11.0 Å². The third kappa shape index (κ3) is 1.80. The number of carbonyl (C=O) groups excluding carboxylic acids is 2. The van der Waals surface area contributed by atoms with Gasteiger partial charge in [0.15, 0.2) is 5.78 Å². The number of rotatable bonds is 2. The van der Waals surface area contributed by atoms with Gasteiger partial charge in [-0.05, 0) is 17.7 Å². The number of fused-ring (bicyclic) bond motifs is 1. The Kier molecular flexibility index (Phi) is 2.18. The molecule has 17 heavy (non-hydrogen) atoms. The van der Waals surface area contributed by atoms with Crippen molar-refractivity contribution in [3.63, 3.8) is 0 Å². The normalized spacial score (nSPS) is 16.1. The van der Waals surface area contributed by atoms with Gasteiger partial charge in [0.05, 0.1) is 13.0 Å². The summed E-state index contributed by atoms with van der Waals surface area (Å²) in [7, 11) is 0. The molecule has 86 valence electrons. The van der Waals surface area contributed by atoms with Crippen molar-refractivity contribution in [2.45, 2.75) is 13.0 Å². The maximum absolute atomic E-state index is 11.5. The van der Waals surface area contributed by atoms with E-state index in [1.54, 1.807) is 11.1 Å². The summed E-state index contributed by atoms with van der Waals surface area (Å²) in [6.07, 6.45) is 3.60. The number of carbonyl (C=O) groups is 2. The summed E-state index contributed by atoms with van der Waals surface area (Å²) in [5, 5.41) is 1.01. The maximum atomic E-state index is 11.5. The number of Topliss-reactive ketones (excluding diaryl/α,β-unsaturated/α-hetero) is 1. The third-order valence-electron chi connectivity index (χ3n) is 2.90. The van der Waals surface area contributed by atoms with E-state index in [0.717, 1.165) is 16.6 Å². The van der Waals surface area contributed by atoms with Crippen LogP contribution in [0.15, 0.2) is 24.5 Å². The Labute approximate surface area is 97.4 Å². The summed E-state index contributed by atoms with van der Waals surface area (Å²) in [6.45, 7) is 0.683. The Hall–Kier alpha value is -2.17. The lowest BCUT2D eigenvalue weighted by molar-refractivity contribution is -0.128. The minimum Gasteiger partial charge on any atom is -0.346 e. The van der Waals surface area contributed by atoms with E-state index in [1.807, 2.05) is 18.3 Å². The first-order valence-corrected chi connectivity index (χ1v) is 5.44. The zero-order chi connectivity index (χ0) is 11.8. The van der Waals surface area contributed by atoms with Gasteiger partial charge in [0.25, 0.3) is 0 Å². The van der Waals surface area contributed by atoms with Crippen molar-refractivity contribution in [2.24, 2.45) is 0 Å². The number of ketones is 1. The number of hydrogen-bond donors (Lipinski definition) is 1. The Morgan fingerprint density at radius 1 is 1.41 bits per heavy atom. The molecule has 2 aromatic heterocycles. The van der Waals surface area contributed by atoms with Crippen molar-refractivity contribution in [2.75, 3.05) is 6.54 Å². The first-order valence-electron chi connectivity index (χ1n) is 5.44. The number of nitrogens with zero attached hydrogens (tertiary/aromatic N) is 2. The molecule has 1 saturated heterocycles. The number of aromatic amines is 1. The fraction of sp³-hybridized carbons (Fsp3) is 0.250. The minimum atomic E-state index is -0.0934. The van der Waals surface area contributed by atoms with E-state index in [2.05, 4.69) is 9.97 Å². The van der Waals surface area contributed by atoms with Gasteiger partial charge in [-0.25, -0.2) is 4.98 Å². The summed E-state index contributed by atoms with van der Waals surface area (Å²) in [5.41, 5.74) is 1.78. The van der Waals surface area contributed by atoms with Crippen molar-refractivity contribution < 1.29 is 9.59 Å². The van der Waals surface area contributed by atoms with Crippen molar-refractivity contribution in [3.8, 4) is 0 Å². The van der Waals surface area contributed by atoms with E-state index in [0.29, 0.717) is 6.54 Å². The molecule has 0 saturated carbocycles. The van der Waals surface area contributed by atoms with Crippen LogP contribution in [-0.2, 0) is 16.1 Å². The molecule has 3 heterocycles. The van der Waals surface area contributed by atoms with E-state index in [-0.39, 0.29) is 24.7 Å². The van der Waals surface area contributed by atoms with Gasteiger partial charge in [-0.1, -0.05) is 0 Å². The van der Waals surface area contributed by atoms with Crippen LogP contribution in [0.4, 0.5) is 0 Å². The van der Waals surface area contributed by atoms with Crippen molar-refractivity contribution in [1.29, 1.82) is 0 Å². The summed E-state index contributed by atoms with van der Waals surface area (Å²) < 4.78 is 0. The molecule has 0 aromatic carbocycles. The highest BCUT2D eigenvalue weighted by atomic mass is 16.2. The van der Waals surface area contributed by atoms with Crippen LogP contribution in [0.3, 0.4) is 0 Å². The zero-order valence-corrected chi connectivity index (χ0v) is 9.14. The molecular formula is C12H11N3O2. The second-order valence-corrected chi connectivity index (χ2v) is 4.22. The molecule has 5 heteroatoms. The van der Waals surface area contributed by atoms with Crippen molar-refractivity contribution in [3.05, 3.63) is 30.1 Å². The van der Waals surface area contributed by atoms with Gasteiger partial charge in [-0.2, -0.15) is 0 Å². The average molecular weight is 229 g/mol. The smallest absolute Gasteiger partial charge is 0.230 e. The van der Waals surface area contributed by atoms with E-state index in [9.17, 15) is 9.59 Å². The van der Waals surface area contributed by atoms with E-state index in [4.69, 9.17) is 0 Å². The molecule has 0 bridgehead atoms. The number of hydrogen-bond acceptors (Lipinski definition) is 3. The highest BCUT2D eigenvalue weighted by Gasteiger charge is 2.27. The van der Waals surface area contributed by atoms with Gasteiger partial charge < -0.3 is 9.88 Å². The van der Waals surface area contributed by atoms with E-state index >= 15 is 0 Å². The molecule has 0 aliphatic carbocycles. The molecular weight excluding hydrogens is 218 g/mol. The largest absolute Gasteiger partial charge is 0.346 e. The number of H-pyrrole nitrogens is 1. The molecule has 1 fully saturated rings. The van der Waals surface area contributed by atoms with E-state index in [1.165, 1.54) is 0 Å². The first kappa shape index (κ1) is 10.0. The third-order valence-corrected chi connectivity index (χ3v) is 2.90. The molecule has 0 atom stereocenters. The number of pyridine rings is 1. The fourth-order valence-corrected chi connectivity index (χ4v) is 2.07. The summed E-state index contributed by atoms with van der Waals surface area (Å²) in [4.78, 5) is 31.4. The number of amides is 1. The predicted molar refractivity (Wildman–Crippen MR) is 61.1 cm³/mol. The van der Waals surface area contributed by atoms with Crippen LogP contribution >= 0.6 is 0 Å². The maximum Gasteiger partial charge on any atom is 0.230 e. The Morgan fingerprint density at radius 2 is 2.29 bits per heavy atom. The van der Waals surface area contributed by atoms with Crippen LogP contribution in [0.1, 0.15) is 12.0 Å². The predicted octanol–water partition coefficient (Wildman–Crippen LogP) is 0.864. The second-order valence-electron chi connectivity index (χ2n) is 4.22. The molecule has 1 amide bonds. The number of nitrogens with one attached hydrogen (secondary N) is 1. The lowest BCUT2D eigenvalue weighted by atomic mass is 10.2. The lowest BCUT2D eigenvalue weighted by Crippen LogP contribution is -2.24. The molecule has 0 spiro atoms.